The number of thiazole rings is 1. The molecule has 2 nitrogen and oxygen atoms in total. The van der Waals surface area contributed by atoms with Gasteiger partial charge in [-0.1, -0.05) is 44.0 Å². The van der Waals surface area contributed by atoms with Gasteiger partial charge in [-0.15, -0.1) is 11.3 Å². The third kappa shape index (κ3) is 3.66. The lowest BCUT2D eigenvalue weighted by Gasteiger charge is -2.13. The van der Waals surface area contributed by atoms with Gasteiger partial charge in [0, 0.05) is 15.8 Å². The largest absolute Gasteiger partial charge is 0.378 e. The van der Waals surface area contributed by atoms with Crippen LogP contribution in [0.5, 0.6) is 0 Å². The first kappa shape index (κ1) is 15.6. The van der Waals surface area contributed by atoms with Gasteiger partial charge in [0.05, 0.1) is 28.0 Å². The van der Waals surface area contributed by atoms with Crippen LogP contribution in [0.2, 0.25) is 10.0 Å². The number of rotatable bonds is 3. The van der Waals surface area contributed by atoms with Crippen molar-refractivity contribution in [3.8, 4) is 0 Å². The van der Waals surface area contributed by atoms with Crippen molar-refractivity contribution in [2.24, 2.45) is 0 Å². The average molecular weight is 329 g/mol. The number of anilines is 1. The molecular weight excluding hydrogens is 311 g/mol. The summed E-state index contributed by atoms with van der Waals surface area (Å²) in [6.07, 6.45) is 0. The molecule has 0 radical (unpaired) electrons. The Bertz CT molecular complexity index is 615. The fourth-order valence-corrected chi connectivity index (χ4v) is 3.06. The van der Waals surface area contributed by atoms with Crippen LogP contribution in [0.15, 0.2) is 17.5 Å². The Hall–Kier alpha value is -0.770. The number of nitrogens with zero attached hydrogens (tertiary/aromatic N) is 1. The SMILES string of the molecule is Cc1cc(Cl)c(NCc2csc(C(C)(C)C)n2)cc1Cl. The van der Waals surface area contributed by atoms with E-state index in [0.29, 0.717) is 16.6 Å². The zero-order chi connectivity index (χ0) is 14.9. The van der Waals surface area contributed by atoms with Gasteiger partial charge in [-0.2, -0.15) is 0 Å². The van der Waals surface area contributed by atoms with E-state index in [0.717, 1.165) is 22.0 Å². The van der Waals surface area contributed by atoms with Crippen molar-refractivity contribution in [3.05, 3.63) is 43.8 Å². The van der Waals surface area contributed by atoms with Crippen LogP contribution in [0.1, 0.15) is 37.0 Å². The van der Waals surface area contributed by atoms with Crippen molar-refractivity contribution >= 4 is 40.2 Å². The molecule has 5 heteroatoms. The summed E-state index contributed by atoms with van der Waals surface area (Å²) in [6, 6.07) is 3.73. The van der Waals surface area contributed by atoms with E-state index in [1.54, 1.807) is 11.3 Å². The molecule has 0 atom stereocenters. The van der Waals surface area contributed by atoms with Crippen LogP contribution < -0.4 is 5.32 Å². The lowest BCUT2D eigenvalue weighted by atomic mass is 9.98. The van der Waals surface area contributed by atoms with Gasteiger partial charge in [0.1, 0.15) is 0 Å². The minimum absolute atomic E-state index is 0.0910. The van der Waals surface area contributed by atoms with Gasteiger partial charge in [0.15, 0.2) is 0 Å². The minimum Gasteiger partial charge on any atom is -0.378 e. The summed E-state index contributed by atoms with van der Waals surface area (Å²) < 4.78 is 0. The topological polar surface area (TPSA) is 24.9 Å². The molecule has 0 unspecified atom stereocenters. The Morgan fingerprint density at radius 2 is 1.90 bits per heavy atom. The normalized spacial score (nSPS) is 11.7. The highest BCUT2D eigenvalue weighted by atomic mass is 35.5. The second-order valence-corrected chi connectivity index (χ2v) is 7.50. The number of hydrogen-bond donors (Lipinski definition) is 1. The molecule has 2 rings (SSSR count). The van der Waals surface area contributed by atoms with Crippen LogP contribution in [0.25, 0.3) is 0 Å². The first-order chi connectivity index (χ1) is 9.27. The number of aryl methyl sites for hydroxylation is 1. The predicted octanol–water partition coefficient (Wildman–Crippen LogP) is 5.67. The van der Waals surface area contributed by atoms with Crippen molar-refractivity contribution in [3.63, 3.8) is 0 Å². The number of aromatic nitrogens is 1. The van der Waals surface area contributed by atoms with Crippen molar-refractivity contribution in [2.45, 2.75) is 39.7 Å². The molecule has 0 spiro atoms. The fourth-order valence-electron chi connectivity index (χ4n) is 1.70. The first-order valence-corrected chi connectivity index (χ1v) is 8.05. The first-order valence-electron chi connectivity index (χ1n) is 6.42. The molecule has 1 N–H and O–H groups in total. The third-order valence-corrected chi connectivity index (χ3v) is 4.94. The van der Waals surface area contributed by atoms with E-state index in [9.17, 15) is 0 Å². The van der Waals surface area contributed by atoms with Crippen molar-refractivity contribution in [2.75, 3.05) is 5.32 Å². The molecule has 0 bridgehead atoms. The second kappa shape index (κ2) is 5.92. The van der Waals surface area contributed by atoms with Gasteiger partial charge in [-0.3, -0.25) is 0 Å². The smallest absolute Gasteiger partial charge is 0.0982 e. The van der Waals surface area contributed by atoms with Crippen molar-refractivity contribution in [1.29, 1.82) is 0 Å². The Kier molecular flexibility index (Phi) is 4.62. The van der Waals surface area contributed by atoms with Crippen LogP contribution in [-0.4, -0.2) is 4.98 Å². The van der Waals surface area contributed by atoms with E-state index >= 15 is 0 Å². The zero-order valence-corrected chi connectivity index (χ0v) is 14.4. The molecule has 1 heterocycles. The lowest BCUT2D eigenvalue weighted by molar-refractivity contribution is 0.583. The van der Waals surface area contributed by atoms with Crippen molar-refractivity contribution in [1.82, 2.24) is 4.98 Å². The summed E-state index contributed by atoms with van der Waals surface area (Å²) in [5.74, 6) is 0. The van der Waals surface area contributed by atoms with E-state index in [1.807, 2.05) is 19.1 Å². The van der Waals surface area contributed by atoms with Gasteiger partial charge in [0.25, 0.3) is 0 Å². The van der Waals surface area contributed by atoms with Gasteiger partial charge in [0.2, 0.25) is 0 Å². The van der Waals surface area contributed by atoms with Crippen molar-refractivity contribution < 1.29 is 0 Å². The molecule has 1 aromatic carbocycles. The molecule has 0 saturated heterocycles. The molecule has 108 valence electrons. The Morgan fingerprint density at radius 1 is 1.20 bits per heavy atom. The van der Waals surface area contributed by atoms with E-state index in [4.69, 9.17) is 23.2 Å². The number of halogens is 2. The molecule has 0 aliphatic heterocycles. The summed E-state index contributed by atoms with van der Waals surface area (Å²) in [7, 11) is 0. The summed E-state index contributed by atoms with van der Waals surface area (Å²) in [6.45, 7) is 9.08. The van der Waals surface area contributed by atoms with Crippen LogP contribution in [0, 0.1) is 6.92 Å². The highest BCUT2D eigenvalue weighted by molar-refractivity contribution is 7.09. The molecule has 0 amide bonds. The van der Waals surface area contributed by atoms with E-state index in [1.165, 1.54) is 0 Å². The standard InChI is InChI=1S/C15H18Cl2N2S/c1-9-5-12(17)13(6-11(9)16)18-7-10-8-20-14(19-10)15(2,3)4/h5-6,8,18H,7H2,1-4H3. The Labute approximate surface area is 134 Å². The number of hydrogen-bond acceptors (Lipinski definition) is 3. The maximum Gasteiger partial charge on any atom is 0.0982 e. The van der Waals surface area contributed by atoms with E-state index in [-0.39, 0.29) is 5.41 Å². The second-order valence-electron chi connectivity index (χ2n) is 5.83. The summed E-state index contributed by atoms with van der Waals surface area (Å²) in [4.78, 5) is 4.65. The maximum atomic E-state index is 6.21. The predicted molar refractivity (Wildman–Crippen MR) is 89.3 cm³/mol. The quantitative estimate of drug-likeness (QED) is 0.785. The number of nitrogens with one attached hydrogen (secondary N) is 1. The van der Waals surface area contributed by atoms with Crippen LogP contribution >= 0.6 is 34.5 Å². The molecule has 0 aliphatic carbocycles. The third-order valence-electron chi connectivity index (χ3n) is 2.90. The van der Waals surface area contributed by atoms with Crippen LogP contribution in [0.4, 0.5) is 5.69 Å². The molecule has 0 aliphatic rings. The van der Waals surface area contributed by atoms with Gasteiger partial charge < -0.3 is 5.32 Å². The minimum atomic E-state index is 0.0910. The van der Waals surface area contributed by atoms with E-state index < -0.39 is 0 Å². The highest BCUT2D eigenvalue weighted by Gasteiger charge is 2.17. The molecule has 20 heavy (non-hydrogen) atoms. The summed E-state index contributed by atoms with van der Waals surface area (Å²) >= 11 is 14.0. The number of benzene rings is 1. The lowest BCUT2D eigenvalue weighted by Crippen LogP contribution is -2.11. The van der Waals surface area contributed by atoms with Crippen LogP contribution in [0.3, 0.4) is 0 Å². The fraction of sp³-hybridized carbons (Fsp3) is 0.400. The molecule has 2 aromatic rings. The highest BCUT2D eigenvalue weighted by Crippen LogP contribution is 2.30. The molecule has 0 saturated carbocycles. The van der Waals surface area contributed by atoms with Gasteiger partial charge >= 0.3 is 0 Å². The Balaban J connectivity index is 2.09. The van der Waals surface area contributed by atoms with Gasteiger partial charge in [-0.25, -0.2) is 4.98 Å². The Morgan fingerprint density at radius 3 is 2.50 bits per heavy atom. The van der Waals surface area contributed by atoms with Gasteiger partial charge in [-0.05, 0) is 24.6 Å². The molecule has 0 fully saturated rings. The van der Waals surface area contributed by atoms with Crippen LogP contribution in [-0.2, 0) is 12.0 Å². The molecular formula is C15H18Cl2N2S. The molecule has 1 aromatic heterocycles. The zero-order valence-electron chi connectivity index (χ0n) is 12.1. The average Bonchev–Trinajstić information content (AvgIpc) is 2.80. The summed E-state index contributed by atoms with van der Waals surface area (Å²) in [5, 5.41) is 7.90. The van der Waals surface area contributed by atoms with E-state index in [2.05, 4.69) is 36.5 Å². The summed E-state index contributed by atoms with van der Waals surface area (Å²) in [5.41, 5.74) is 2.93. The monoisotopic (exact) mass is 328 g/mol. The maximum absolute atomic E-state index is 6.21.